The van der Waals surface area contributed by atoms with Crippen molar-refractivity contribution in [2.75, 3.05) is 13.6 Å². The zero-order chi connectivity index (χ0) is 15.0. The summed E-state index contributed by atoms with van der Waals surface area (Å²) in [6, 6.07) is 4.41. The fourth-order valence-electron chi connectivity index (χ4n) is 2.98. The molecule has 0 heterocycles. The molecule has 1 fully saturated rings. The lowest BCUT2D eigenvalue weighted by Crippen LogP contribution is -2.42. The number of amides is 2. The molecule has 2 amide bonds. The fourth-order valence-corrected chi connectivity index (χ4v) is 2.98. The van der Waals surface area contributed by atoms with E-state index in [1.807, 2.05) is 0 Å². The van der Waals surface area contributed by atoms with Gasteiger partial charge in [0.15, 0.2) is 0 Å². The minimum atomic E-state index is -0.436. The van der Waals surface area contributed by atoms with Crippen molar-refractivity contribution < 1.29 is 14.3 Å². The van der Waals surface area contributed by atoms with Crippen molar-refractivity contribution in [2.24, 2.45) is 5.92 Å². The first-order valence-electron chi connectivity index (χ1n) is 7.52. The van der Waals surface area contributed by atoms with Gasteiger partial charge in [0.1, 0.15) is 5.82 Å². The Bertz CT molecular complexity index is 545. The Morgan fingerprint density at radius 2 is 2.24 bits per heavy atom. The second kappa shape index (κ2) is 5.64. The first kappa shape index (κ1) is 14.3. The monoisotopic (exact) mass is 292 g/mol. The molecule has 0 aromatic heterocycles. The molecule has 0 bridgehead atoms. The van der Waals surface area contributed by atoms with Gasteiger partial charge in [-0.1, -0.05) is 6.07 Å². The molecule has 3 rings (SSSR count). The summed E-state index contributed by atoms with van der Waals surface area (Å²) in [5.41, 5.74) is 1.97. The highest BCUT2D eigenvalue weighted by Crippen LogP contribution is 2.33. The lowest BCUT2D eigenvalue weighted by molar-refractivity contribution is 0.112. The molecule has 0 spiro atoms. The quantitative estimate of drug-likeness (QED) is 0.894. The van der Waals surface area contributed by atoms with Gasteiger partial charge >= 0.3 is 6.03 Å². The lowest BCUT2D eigenvalue weighted by Gasteiger charge is -2.23. The molecule has 2 aliphatic rings. The number of urea groups is 1. The molecule has 4 nitrogen and oxygen atoms in total. The molecule has 1 saturated carbocycles. The summed E-state index contributed by atoms with van der Waals surface area (Å²) in [5.74, 6) is 0.0777. The second-order valence-electron chi connectivity index (χ2n) is 6.17. The highest BCUT2D eigenvalue weighted by Gasteiger charge is 2.32. The molecule has 21 heavy (non-hydrogen) atoms. The zero-order valence-electron chi connectivity index (χ0n) is 12.2. The summed E-state index contributed by atoms with van der Waals surface area (Å²) in [6.45, 7) is 0.346. The Kier molecular flexibility index (Phi) is 3.85. The van der Waals surface area contributed by atoms with Crippen LogP contribution >= 0.6 is 0 Å². The Morgan fingerprint density at radius 3 is 2.95 bits per heavy atom. The van der Waals surface area contributed by atoms with Crippen LogP contribution in [-0.2, 0) is 6.42 Å². The average Bonchev–Trinajstić information content (AvgIpc) is 3.23. The maximum atomic E-state index is 13.3. The standard InChI is InChI=1S/C16H21FN2O2/c1-19(9-15(20)11-2-3-11)16(21)18-14-7-5-10-4-6-12(17)8-13(10)14/h4,6,8,11,14-15,20H,2-3,5,7,9H2,1H3,(H,18,21). The highest BCUT2D eigenvalue weighted by atomic mass is 19.1. The van der Waals surface area contributed by atoms with Crippen LogP contribution in [0.2, 0.25) is 0 Å². The molecular formula is C16H21FN2O2. The Balaban J connectivity index is 1.59. The third-order valence-corrected chi connectivity index (χ3v) is 4.46. The van der Waals surface area contributed by atoms with E-state index in [2.05, 4.69) is 5.32 Å². The number of aliphatic hydroxyl groups excluding tert-OH is 1. The first-order valence-corrected chi connectivity index (χ1v) is 7.52. The van der Waals surface area contributed by atoms with Crippen molar-refractivity contribution >= 4 is 6.03 Å². The number of hydrogen-bond donors (Lipinski definition) is 2. The van der Waals surface area contributed by atoms with Crippen molar-refractivity contribution in [3.8, 4) is 0 Å². The van der Waals surface area contributed by atoms with Gasteiger partial charge in [0, 0.05) is 13.6 Å². The predicted molar refractivity (Wildman–Crippen MR) is 77.4 cm³/mol. The van der Waals surface area contributed by atoms with Gasteiger partial charge in [-0.15, -0.1) is 0 Å². The summed E-state index contributed by atoms with van der Waals surface area (Å²) in [5, 5.41) is 12.8. The number of aryl methyl sites for hydroxylation is 1. The number of aliphatic hydroxyl groups is 1. The van der Waals surface area contributed by atoms with Crippen LogP contribution in [-0.4, -0.2) is 35.7 Å². The Hall–Kier alpha value is -1.62. The van der Waals surface area contributed by atoms with Gasteiger partial charge in [-0.25, -0.2) is 9.18 Å². The van der Waals surface area contributed by atoms with Gasteiger partial charge in [0.05, 0.1) is 12.1 Å². The summed E-state index contributed by atoms with van der Waals surface area (Å²) >= 11 is 0. The van der Waals surface area contributed by atoms with Crippen molar-refractivity contribution in [1.82, 2.24) is 10.2 Å². The Labute approximate surface area is 124 Å². The van der Waals surface area contributed by atoms with Gasteiger partial charge in [-0.2, -0.15) is 0 Å². The molecule has 5 heteroatoms. The number of nitrogens with one attached hydrogen (secondary N) is 1. The maximum absolute atomic E-state index is 13.3. The van der Waals surface area contributed by atoms with Crippen LogP contribution in [0.5, 0.6) is 0 Å². The topological polar surface area (TPSA) is 52.6 Å². The van der Waals surface area contributed by atoms with Gasteiger partial charge in [-0.05, 0) is 54.9 Å². The Morgan fingerprint density at radius 1 is 1.48 bits per heavy atom. The molecule has 114 valence electrons. The van der Waals surface area contributed by atoms with E-state index in [4.69, 9.17) is 0 Å². The van der Waals surface area contributed by atoms with Gasteiger partial charge < -0.3 is 15.3 Å². The smallest absolute Gasteiger partial charge is 0.317 e. The van der Waals surface area contributed by atoms with Crippen LogP contribution in [0.3, 0.4) is 0 Å². The van der Waals surface area contributed by atoms with Crippen molar-refractivity contribution in [2.45, 2.75) is 37.8 Å². The molecule has 0 saturated heterocycles. The third-order valence-electron chi connectivity index (χ3n) is 4.46. The molecule has 0 aliphatic heterocycles. The number of hydrogen-bond acceptors (Lipinski definition) is 2. The van der Waals surface area contributed by atoms with E-state index in [1.165, 1.54) is 17.0 Å². The molecule has 2 aliphatic carbocycles. The zero-order valence-corrected chi connectivity index (χ0v) is 12.2. The molecule has 0 radical (unpaired) electrons. The van der Waals surface area contributed by atoms with Crippen LogP contribution < -0.4 is 5.32 Å². The second-order valence-corrected chi connectivity index (χ2v) is 6.17. The number of likely N-dealkylation sites (N-methyl/N-ethyl adjacent to an activating group) is 1. The predicted octanol–water partition coefficient (Wildman–Crippen LogP) is 2.23. The van der Waals surface area contributed by atoms with Crippen LogP contribution in [0.25, 0.3) is 0 Å². The molecule has 2 N–H and O–H groups in total. The van der Waals surface area contributed by atoms with Crippen LogP contribution in [0, 0.1) is 11.7 Å². The molecule has 1 aromatic rings. The minimum absolute atomic E-state index is 0.135. The highest BCUT2D eigenvalue weighted by molar-refractivity contribution is 5.74. The largest absolute Gasteiger partial charge is 0.391 e. The van der Waals surface area contributed by atoms with Crippen molar-refractivity contribution in [3.05, 3.63) is 35.1 Å². The number of benzene rings is 1. The van der Waals surface area contributed by atoms with Crippen molar-refractivity contribution in [1.29, 1.82) is 0 Å². The molecule has 2 unspecified atom stereocenters. The SMILES string of the molecule is CN(CC(O)C1CC1)C(=O)NC1CCc2ccc(F)cc21. The van der Waals surface area contributed by atoms with Crippen LogP contribution in [0.1, 0.15) is 36.4 Å². The van der Waals surface area contributed by atoms with Gasteiger partial charge in [-0.3, -0.25) is 0 Å². The molecular weight excluding hydrogens is 271 g/mol. The lowest BCUT2D eigenvalue weighted by atomic mass is 10.1. The number of carbonyl (C=O) groups excluding carboxylic acids is 1. The summed E-state index contributed by atoms with van der Waals surface area (Å²) in [4.78, 5) is 13.7. The fraction of sp³-hybridized carbons (Fsp3) is 0.562. The summed E-state index contributed by atoms with van der Waals surface area (Å²) in [6.07, 6.45) is 3.31. The number of halogens is 1. The number of rotatable bonds is 4. The third kappa shape index (κ3) is 3.18. The average molecular weight is 292 g/mol. The van der Waals surface area contributed by atoms with E-state index in [0.717, 1.165) is 36.8 Å². The molecule has 1 aromatic carbocycles. The van der Waals surface area contributed by atoms with Crippen LogP contribution in [0.15, 0.2) is 18.2 Å². The molecule has 2 atom stereocenters. The van der Waals surface area contributed by atoms with E-state index in [0.29, 0.717) is 12.5 Å². The van der Waals surface area contributed by atoms with Gasteiger partial charge in [0.2, 0.25) is 0 Å². The minimum Gasteiger partial charge on any atom is -0.391 e. The normalized spacial score (nSPS) is 21.8. The van der Waals surface area contributed by atoms with E-state index in [1.54, 1.807) is 13.1 Å². The van der Waals surface area contributed by atoms with E-state index >= 15 is 0 Å². The van der Waals surface area contributed by atoms with Crippen LogP contribution in [0.4, 0.5) is 9.18 Å². The summed E-state index contributed by atoms with van der Waals surface area (Å²) < 4.78 is 13.3. The first-order chi connectivity index (χ1) is 10.0. The number of fused-ring (bicyclic) bond motifs is 1. The number of nitrogens with zero attached hydrogens (tertiary/aromatic N) is 1. The summed E-state index contributed by atoms with van der Waals surface area (Å²) in [7, 11) is 1.68. The maximum Gasteiger partial charge on any atom is 0.317 e. The van der Waals surface area contributed by atoms with Gasteiger partial charge in [0.25, 0.3) is 0 Å². The number of carbonyl (C=O) groups is 1. The van der Waals surface area contributed by atoms with E-state index in [-0.39, 0.29) is 17.9 Å². The van der Waals surface area contributed by atoms with Crippen molar-refractivity contribution in [3.63, 3.8) is 0 Å². The van der Waals surface area contributed by atoms with E-state index in [9.17, 15) is 14.3 Å². The van der Waals surface area contributed by atoms with E-state index < -0.39 is 6.10 Å².